The summed E-state index contributed by atoms with van der Waals surface area (Å²) >= 11 is 0. The molecule has 0 aliphatic carbocycles. The van der Waals surface area contributed by atoms with E-state index in [2.05, 4.69) is 5.32 Å². The summed E-state index contributed by atoms with van der Waals surface area (Å²) in [5, 5.41) is 2.59. The smallest absolute Gasteiger partial charge is 0.255 e. The number of carbonyl (C=O) groups excluding carboxylic acids is 1. The molecule has 0 radical (unpaired) electrons. The van der Waals surface area contributed by atoms with Crippen molar-refractivity contribution in [2.45, 2.75) is 6.92 Å². The Bertz CT molecular complexity index is 692. The highest BCUT2D eigenvalue weighted by atomic mass is 19.1. The van der Waals surface area contributed by atoms with Crippen LogP contribution in [0.5, 0.6) is 0 Å². The highest BCUT2D eigenvalue weighted by molar-refractivity contribution is 6.04. The second-order valence-electron chi connectivity index (χ2n) is 4.28. The van der Waals surface area contributed by atoms with Crippen molar-refractivity contribution in [3.05, 3.63) is 63.8 Å². The van der Waals surface area contributed by atoms with Crippen molar-refractivity contribution < 1.29 is 9.18 Å². The number of aromatic nitrogens is 1. The second-order valence-corrected chi connectivity index (χ2v) is 4.28. The van der Waals surface area contributed by atoms with E-state index in [4.69, 9.17) is 0 Å². The lowest BCUT2D eigenvalue weighted by Crippen LogP contribution is -2.20. The fraction of sp³-hybridized carbons (Fsp3) is 0.143. The molecule has 1 amide bonds. The third-order valence-electron chi connectivity index (χ3n) is 2.81. The second kappa shape index (κ2) is 5.06. The molecule has 1 N–H and O–H groups in total. The first-order valence-electron chi connectivity index (χ1n) is 5.71. The van der Waals surface area contributed by atoms with Crippen molar-refractivity contribution in [1.29, 1.82) is 0 Å². The van der Waals surface area contributed by atoms with Gasteiger partial charge in [-0.2, -0.15) is 0 Å². The lowest BCUT2D eigenvalue weighted by Gasteiger charge is -2.08. The fourth-order valence-corrected chi connectivity index (χ4v) is 1.61. The van der Waals surface area contributed by atoms with Crippen molar-refractivity contribution in [2.24, 2.45) is 7.05 Å². The molecule has 2 aromatic rings. The molecule has 4 nitrogen and oxygen atoms in total. The maximum Gasteiger partial charge on any atom is 0.255 e. The van der Waals surface area contributed by atoms with E-state index in [0.29, 0.717) is 5.69 Å². The molecule has 1 heterocycles. The van der Waals surface area contributed by atoms with Crippen LogP contribution in [-0.4, -0.2) is 10.5 Å². The summed E-state index contributed by atoms with van der Waals surface area (Å²) in [6.45, 7) is 1.76. The largest absolute Gasteiger partial charge is 0.322 e. The quantitative estimate of drug-likeness (QED) is 0.898. The standard InChI is InChI=1S/C14H13FN2O2/c1-9-3-4-11(15)8-12(9)16-14(19)10-5-6-17(2)13(18)7-10/h3-8H,1-2H3,(H,16,19). The molecule has 0 saturated carbocycles. The first-order valence-corrected chi connectivity index (χ1v) is 5.71. The van der Waals surface area contributed by atoms with Gasteiger partial charge in [0, 0.05) is 30.6 Å². The van der Waals surface area contributed by atoms with Gasteiger partial charge in [-0.1, -0.05) is 6.07 Å². The van der Waals surface area contributed by atoms with Crippen LogP contribution in [0, 0.1) is 12.7 Å². The Morgan fingerprint density at radius 2 is 2.00 bits per heavy atom. The van der Waals surface area contributed by atoms with Gasteiger partial charge >= 0.3 is 0 Å². The molecular weight excluding hydrogens is 247 g/mol. The summed E-state index contributed by atoms with van der Waals surface area (Å²) in [4.78, 5) is 23.4. The SMILES string of the molecule is Cc1ccc(F)cc1NC(=O)c1ccn(C)c(=O)c1. The molecule has 1 aromatic carbocycles. The van der Waals surface area contributed by atoms with E-state index in [0.717, 1.165) is 5.56 Å². The van der Waals surface area contributed by atoms with E-state index in [9.17, 15) is 14.0 Å². The first kappa shape index (κ1) is 13.0. The Morgan fingerprint density at radius 3 is 2.68 bits per heavy atom. The molecule has 19 heavy (non-hydrogen) atoms. The van der Waals surface area contributed by atoms with Gasteiger partial charge in [0.25, 0.3) is 11.5 Å². The number of rotatable bonds is 2. The molecule has 0 unspecified atom stereocenters. The number of pyridine rings is 1. The van der Waals surface area contributed by atoms with Crippen LogP contribution < -0.4 is 10.9 Å². The first-order chi connectivity index (χ1) is 8.97. The van der Waals surface area contributed by atoms with Gasteiger partial charge in [-0.3, -0.25) is 9.59 Å². The predicted octanol–water partition coefficient (Wildman–Crippen LogP) is 2.09. The lowest BCUT2D eigenvalue weighted by molar-refractivity contribution is 0.102. The van der Waals surface area contributed by atoms with E-state index < -0.39 is 11.7 Å². The Balaban J connectivity index is 2.28. The normalized spacial score (nSPS) is 10.3. The van der Waals surface area contributed by atoms with Gasteiger partial charge in [0.1, 0.15) is 5.82 Å². The van der Waals surface area contributed by atoms with Crippen LogP contribution in [0.1, 0.15) is 15.9 Å². The molecule has 0 bridgehead atoms. The van der Waals surface area contributed by atoms with Crippen molar-refractivity contribution >= 4 is 11.6 Å². The predicted molar refractivity (Wildman–Crippen MR) is 70.8 cm³/mol. The zero-order chi connectivity index (χ0) is 14.0. The lowest BCUT2D eigenvalue weighted by atomic mass is 10.2. The molecular formula is C14H13FN2O2. The summed E-state index contributed by atoms with van der Waals surface area (Å²) in [5.74, 6) is -0.865. The van der Waals surface area contributed by atoms with Crippen molar-refractivity contribution in [1.82, 2.24) is 4.57 Å². The van der Waals surface area contributed by atoms with Crippen molar-refractivity contribution in [3.63, 3.8) is 0 Å². The minimum Gasteiger partial charge on any atom is -0.322 e. The summed E-state index contributed by atoms with van der Waals surface area (Å²) in [6.07, 6.45) is 1.51. The highest BCUT2D eigenvalue weighted by Crippen LogP contribution is 2.16. The minimum absolute atomic E-state index is 0.242. The average Bonchev–Trinajstić information content (AvgIpc) is 2.37. The van der Waals surface area contributed by atoms with Crippen LogP contribution in [0.2, 0.25) is 0 Å². The summed E-state index contributed by atoms with van der Waals surface area (Å²) in [6, 6.07) is 6.92. The third-order valence-corrected chi connectivity index (χ3v) is 2.81. The Labute approximate surface area is 109 Å². The Kier molecular flexibility index (Phi) is 3.46. The molecule has 0 aliphatic rings. The molecule has 2 rings (SSSR count). The maximum absolute atomic E-state index is 13.1. The van der Waals surface area contributed by atoms with Crippen LogP contribution in [0.4, 0.5) is 10.1 Å². The topological polar surface area (TPSA) is 51.1 Å². The monoisotopic (exact) mass is 260 g/mol. The number of anilines is 1. The minimum atomic E-state index is -0.439. The number of hydrogen-bond donors (Lipinski definition) is 1. The molecule has 0 fully saturated rings. The van der Waals surface area contributed by atoms with Crippen LogP contribution in [0.15, 0.2) is 41.3 Å². The average molecular weight is 260 g/mol. The number of benzene rings is 1. The number of nitrogens with zero attached hydrogens (tertiary/aromatic N) is 1. The number of aryl methyl sites for hydroxylation is 2. The number of amides is 1. The van der Waals surface area contributed by atoms with Gasteiger partial charge in [-0.05, 0) is 30.7 Å². The van der Waals surface area contributed by atoms with Gasteiger partial charge in [0.2, 0.25) is 0 Å². The van der Waals surface area contributed by atoms with Crippen molar-refractivity contribution in [2.75, 3.05) is 5.32 Å². The van der Waals surface area contributed by atoms with E-state index in [1.165, 1.54) is 35.0 Å². The van der Waals surface area contributed by atoms with Crippen LogP contribution in [-0.2, 0) is 7.05 Å². The number of halogens is 1. The number of carbonyl (C=O) groups is 1. The summed E-state index contributed by atoms with van der Waals surface area (Å²) in [7, 11) is 1.60. The van der Waals surface area contributed by atoms with Crippen LogP contribution >= 0.6 is 0 Å². The fourth-order valence-electron chi connectivity index (χ4n) is 1.61. The van der Waals surface area contributed by atoms with Crippen LogP contribution in [0.25, 0.3) is 0 Å². The highest BCUT2D eigenvalue weighted by Gasteiger charge is 2.09. The van der Waals surface area contributed by atoms with Gasteiger partial charge in [-0.15, -0.1) is 0 Å². The van der Waals surface area contributed by atoms with Crippen molar-refractivity contribution in [3.8, 4) is 0 Å². The van der Waals surface area contributed by atoms with Gasteiger partial charge in [-0.25, -0.2) is 4.39 Å². The van der Waals surface area contributed by atoms with Crippen LogP contribution in [0.3, 0.4) is 0 Å². The molecule has 5 heteroatoms. The Morgan fingerprint density at radius 1 is 1.26 bits per heavy atom. The Hall–Kier alpha value is -2.43. The number of nitrogens with one attached hydrogen (secondary N) is 1. The zero-order valence-electron chi connectivity index (χ0n) is 10.6. The zero-order valence-corrected chi connectivity index (χ0v) is 10.6. The van der Waals surface area contributed by atoms with E-state index in [1.807, 2.05) is 0 Å². The van der Waals surface area contributed by atoms with Gasteiger partial charge < -0.3 is 9.88 Å². The molecule has 0 atom stereocenters. The van der Waals surface area contributed by atoms with E-state index in [1.54, 1.807) is 20.0 Å². The molecule has 0 saturated heterocycles. The molecule has 98 valence electrons. The molecule has 0 aliphatic heterocycles. The summed E-state index contributed by atoms with van der Waals surface area (Å²) in [5.41, 5.74) is 1.11. The maximum atomic E-state index is 13.1. The third kappa shape index (κ3) is 2.88. The molecule has 0 spiro atoms. The van der Waals surface area contributed by atoms with Gasteiger partial charge in [0.15, 0.2) is 0 Å². The van der Waals surface area contributed by atoms with E-state index >= 15 is 0 Å². The summed E-state index contributed by atoms with van der Waals surface area (Å²) < 4.78 is 14.5. The van der Waals surface area contributed by atoms with E-state index in [-0.39, 0.29) is 11.1 Å². The molecule has 1 aromatic heterocycles. The number of hydrogen-bond acceptors (Lipinski definition) is 2. The van der Waals surface area contributed by atoms with Gasteiger partial charge in [0.05, 0.1) is 0 Å².